The number of nitrogens with one attached hydrogen (secondary N) is 1. The SMILES string of the molecule is CNC(c1ccccc1Cl)c1cnccc1C(F)(F)F. The predicted octanol–water partition coefficient (Wildman–Crippen LogP) is 4.06. The van der Waals surface area contributed by atoms with E-state index in [1.165, 1.54) is 6.20 Å². The van der Waals surface area contributed by atoms with Gasteiger partial charge < -0.3 is 5.32 Å². The van der Waals surface area contributed by atoms with Crippen LogP contribution in [0.3, 0.4) is 0 Å². The van der Waals surface area contributed by atoms with Gasteiger partial charge in [-0.2, -0.15) is 13.2 Å². The average molecular weight is 301 g/mol. The van der Waals surface area contributed by atoms with Crippen LogP contribution in [0.2, 0.25) is 5.02 Å². The van der Waals surface area contributed by atoms with Crippen LogP contribution in [-0.4, -0.2) is 12.0 Å². The van der Waals surface area contributed by atoms with Gasteiger partial charge in [-0.3, -0.25) is 4.98 Å². The molecule has 0 amide bonds. The highest BCUT2D eigenvalue weighted by molar-refractivity contribution is 6.31. The topological polar surface area (TPSA) is 24.9 Å². The molecule has 2 aromatic rings. The van der Waals surface area contributed by atoms with Gasteiger partial charge in [0.25, 0.3) is 0 Å². The van der Waals surface area contributed by atoms with Crippen molar-refractivity contribution >= 4 is 11.6 Å². The summed E-state index contributed by atoms with van der Waals surface area (Å²) in [6.45, 7) is 0. The summed E-state index contributed by atoms with van der Waals surface area (Å²) in [5, 5.41) is 3.27. The number of alkyl halides is 3. The van der Waals surface area contributed by atoms with Crippen molar-refractivity contribution in [3.05, 3.63) is 64.4 Å². The lowest BCUT2D eigenvalue weighted by molar-refractivity contribution is -0.138. The number of rotatable bonds is 3. The molecular formula is C14H12ClF3N2. The first kappa shape index (κ1) is 14.8. The number of pyridine rings is 1. The molecule has 0 aliphatic carbocycles. The summed E-state index contributed by atoms with van der Waals surface area (Å²) in [4.78, 5) is 3.80. The number of nitrogens with zero attached hydrogens (tertiary/aromatic N) is 1. The summed E-state index contributed by atoms with van der Waals surface area (Å²) >= 11 is 6.07. The fourth-order valence-electron chi connectivity index (χ4n) is 2.08. The van der Waals surface area contributed by atoms with E-state index in [4.69, 9.17) is 11.6 Å². The molecule has 0 aliphatic rings. The zero-order valence-electron chi connectivity index (χ0n) is 10.6. The van der Waals surface area contributed by atoms with Gasteiger partial charge in [-0.15, -0.1) is 0 Å². The van der Waals surface area contributed by atoms with Gasteiger partial charge >= 0.3 is 6.18 Å². The van der Waals surface area contributed by atoms with Gasteiger partial charge in [0, 0.05) is 23.0 Å². The quantitative estimate of drug-likeness (QED) is 0.924. The molecule has 0 spiro atoms. The molecule has 1 heterocycles. The van der Waals surface area contributed by atoms with E-state index >= 15 is 0 Å². The first-order valence-electron chi connectivity index (χ1n) is 5.88. The van der Waals surface area contributed by atoms with Crippen LogP contribution < -0.4 is 5.32 Å². The van der Waals surface area contributed by atoms with Crippen LogP contribution in [0.25, 0.3) is 0 Å². The lowest BCUT2D eigenvalue weighted by atomic mass is 9.96. The predicted molar refractivity (Wildman–Crippen MR) is 71.6 cm³/mol. The number of halogens is 4. The average Bonchev–Trinajstić information content (AvgIpc) is 2.41. The van der Waals surface area contributed by atoms with Crippen molar-refractivity contribution in [3.63, 3.8) is 0 Å². The molecule has 1 atom stereocenters. The maximum absolute atomic E-state index is 13.1. The van der Waals surface area contributed by atoms with E-state index in [1.54, 1.807) is 31.3 Å². The molecule has 0 bridgehead atoms. The minimum absolute atomic E-state index is 0.0515. The van der Waals surface area contributed by atoms with E-state index in [9.17, 15) is 13.2 Å². The summed E-state index contributed by atoms with van der Waals surface area (Å²) in [6, 6.07) is 7.09. The van der Waals surface area contributed by atoms with Crippen LogP contribution >= 0.6 is 11.6 Å². The second kappa shape index (κ2) is 5.81. The van der Waals surface area contributed by atoms with Crippen molar-refractivity contribution in [2.75, 3.05) is 7.05 Å². The smallest absolute Gasteiger partial charge is 0.309 e. The Morgan fingerprint density at radius 1 is 1.15 bits per heavy atom. The van der Waals surface area contributed by atoms with Gasteiger partial charge in [0.05, 0.1) is 11.6 Å². The maximum Gasteiger partial charge on any atom is 0.416 e. The maximum atomic E-state index is 13.1. The standard InChI is InChI=1S/C14H12ClF3N2/c1-19-13(9-4-2-3-5-12(9)15)10-8-20-7-6-11(10)14(16,17)18/h2-8,13,19H,1H3. The second-order valence-electron chi connectivity index (χ2n) is 4.20. The number of hydrogen-bond acceptors (Lipinski definition) is 2. The Bertz CT molecular complexity index is 599. The molecule has 0 saturated heterocycles. The Morgan fingerprint density at radius 3 is 2.45 bits per heavy atom. The fourth-order valence-corrected chi connectivity index (χ4v) is 2.33. The van der Waals surface area contributed by atoms with Crippen molar-refractivity contribution < 1.29 is 13.2 Å². The van der Waals surface area contributed by atoms with Crippen molar-refractivity contribution in [2.24, 2.45) is 0 Å². The second-order valence-corrected chi connectivity index (χ2v) is 4.61. The number of hydrogen-bond donors (Lipinski definition) is 1. The Labute approximate surface area is 119 Å². The van der Waals surface area contributed by atoms with Crippen LogP contribution in [0, 0.1) is 0 Å². The molecule has 0 fully saturated rings. The molecule has 20 heavy (non-hydrogen) atoms. The fraction of sp³-hybridized carbons (Fsp3) is 0.214. The molecule has 1 unspecified atom stereocenters. The molecular weight excluding hydrogens is 289 g/mol. The molecule has 2 rings (SSSR count). The van der Waals surface area contributed by atoms with E-state index in [1.807, 2.05) is 0 Å². The van der Waals surface area contributed by atoms with Crippen LogP contribution in [0.4, 0.5) is 13.2 Å². The monoisotopic (exact) mass is 300 g/mol. The summed E-state index contributed by atoms with van der Waals surface area (Å²) in [6.07, 6.45) is -2.09. The highest BCUT2D eigenvalue weighted by Crippen LogP contribution is 2.37. The van der Waals surface area contributed by atoms with Gasteiger partial charge in [0.15, 0.2) is 0 Å². The summed E-state index contributed by atoms with van der Waals surface area (Å²) in [5.41, 5.74) is -0.0856. The van der Waals surface area contributed by atoms with Crippen molar-refractivity contribution in [2.45, 2.75) is 12.2 Å². The molecule has 6 heteroatoms. The largest absolute Gasteiger partial charge is 0.416 e. The Balaban J connectivity index is 2.57. The third kappa shape index (κ3) is 2.94. The minimum Gasteiger partial charge on any atom is -0.309 e. The van der Waals surface area contributed by atoms with Crippen LogP contribution in [0.15, 0.2) is 42.7 Å². The van der Waals surface area contributed by atoms with E-state index in [2.05, 4.69) is 10.3 Å². The van der Waals surface area contributed by atoms with Crippen LogP contribution in [0.5, 0.6) is 0 Å². The zero-order chi connectivity index (χ0) is 14.8. The van der Waals surface area contributed by atoms with Gasteiger partial charge in [-0.25, -0.2) is 0 Å². The third-order valence-electron chi connectivity index (χ3n) is 2.97. The van der Waals surface area contributed by atoms with Crippen molar-refractivity contribution in [3.8, 4) is 0 Å². The normalized spacial score (nSPS) is 13.2. The van der Waals surface area contributed by atoms with Crippen LogP contribution in [0.1, 0.15) is 22.7 Å². The van der Waals surface area contributed by atoms with Gasteiger partial charge in [-0.1, -0.05) is 29.8 Å². The molecule has 2 nitrogen and oxygen atoms in total. The van der Waals surface area contributed by atoms with Gasteiger partial charge in [-0.05, 0) is 24.7 Å². The lowest BCUT2D eigenvalue weighted by Gasteiger charge is -2.22. The minimum atomic E-state index is -4.44. The summed E-state index contributed by atoms with van der Waals surface area (Å²) < 4.78 is 39.2. The van der Waals surface area contributed by atoms with Crippen molar-refractivity contribution in [1.29, 1.82) is 0 Å². The first-order valence-corrected chi connectivity index (χ1v) is 6.25. The Kier molecular flexibility index (Phi) is 4.30. The lowest BCUT2D eigenvalue weighted by Crippen LogP contribution is -2.22. The highest BCUT2D eigenvalue weighted by atomic mass is 35.5. The molecule has 106 valence electrons. The Hall–Kier alpha value is -1.59. The molecule has 0 aliphatic heterocycles. The zero-order valence-corrected chi connectivity index (χ0v) is 11.3. The van der Waals surface area contributed by atoms with Gasteiger partial charge in [0.1, 0.15) is 0 Å². The molecule has 0 saturated carbocycles. The van der Waals surface area contributed by atoms with E-state index < -0.39 is 17.8 Å². The van der Waals surface area contributed by atoms with E-state index in [0.29, 0.717) is 10.6 Å². The van der Waals surface area contributed by atoms with E-state index in [-0.39, 0.29) is 5.56 Å². The van der Waals surface area contributed by atoms with Crippen molar-refractivity contribution in [1.82, 2.24) is 10.3 Å². The van der Waals surface area contributed by atoms with Gasteiger partial charge in [0.2, 0.25) is 0 Å². The third-order valence-corrected chi connectivity index (χ3v) is 3.32. The summed E-state index contributed by atoms with van der Waals surface area (Å²) in [5.74, 6) is 0. The highest BCUT2D eigenvalue weighted by Gasteiger charge is 2.35. The Morgan fingerprint density at radius 2 is 1.85 bits per heavy atom. The first-order chi connectivity index (χ1) is 9.45. The number of benzene rings is 1. The molecule has 0 radical (unpaired) electrons. The van der Waals surface area contributed by atoms with E-state index in [0.717, 1.165) is 12.3 Å². The van der Waals surface area contributed by atoms with Crippen LogP contribution in [-0.2, 0) is 6.18 Å². The molecule has 1 N–H and O–H groups in total. The molecule has 1 aromatic heterocycles. The number of aromatic nitrogens is 1. The molecule has 1 aromatic carbocycles. The summed E-state index contributed by atoms with van der Waals surface area (Å²) in [7, 11) is 1.58.